The van der Waals surface area contributed by atoms with Crippen LogP contribution in [0, 0.1) is 0 Å². The maximum Gasteiger partial charge on any atom is 0.171 e. The van der Waals surface area contributed by atoms with Crippen molar-refractivity contribution in [3.63, 3.8) is 0 Å². The Hall–Kier alpha value is -1.58. The second-order valence-corrected chi connectivity index (χ2v) is 5.09. The Morgan fingerprint density at radius 3 is 2.53 bits per heavy atom. The van der Waals surface area contributed by atoms with Crippen LogP contribution in [-0.4, -0.2) is 5.11 Å². The summed E-state index contributed by atoms with van der Waals surface area (Å²) in [7, 11) is 0. The van der Waals surface area contributed by atoms with Crippen LogP contribution in [0.1, 0.15) is 18.5 Å². The number of hydrogen-bond donors (Lipinski definition) is 2. The number of rotatable bonds is 3. The predicted molar refractivity (Wildman–Crippen MR) is 85.7 cm³/mol. The van der Waals surface area contributed by atoms with Crippen molar-refractivity contribution in [1.82, 2.24) is 5.32 Å². The van der Waals surface area contributed by atoms with Gasteiger partial charge in [0.15, 0.2) is 5.11 Å². The van der Waals surface area contributed by atoms with Gasteiger partial charge in [-0.15, -0.1) is 0 Å². The molecular formula is C15H15ClN2S. The van der Waals surface area contributed by atoms with Crippen molar-refractivity contribution >= 4 is 34.6 Å². The van der Waals surface area contributed by atoms with Gasteiger partial charge in [0.05, 0.1) is 6.04 Å². The normalized spacial score (nSPS) is 11.7. The van der Waals surface area contributed by atoms with E-state index < -0.39 is 0 Å². The molecule has 0 radical (unpaired) electrons. The first-order valence-electron chi connectivity index (χ1n) is 6.03. The topological polar surface area (TPSA) is 24.1 Å². The van der Waals surface area contributed by atoms with Crippen LogP contribution in [0.15, 0.2) is 54.6 Å². The molecule has 19 heavy (non-hydrogen) atoms. The molecule has 0 amide bonds. The summed E-state index contributed by atoms with van der Waals surface area (Å²) in [5.74, 6) is 0. The molecule has 0 bridgehead atoms. The first kappa shape index (κ1) is 13.8. The van der Waals surface area contributed by atoms with Gasteiger partial charge in [-0.25, -0.2) is 0 Å². The Bertz CT molecular complexity index is 557. The van der Waals surface area contributed by atoms with E-state index >= 15 is 0 Å². The number of halogens is 1. The quantitative estimate of drug-likeness (QED) is 0.820. The van der Waals surface area contributed by atoms with E-state index in [1.54, 1.807) is 0 Å². The molecule has 0 fully saturated rings. The first-order chi connectivity index (χ1) is 9.15. The molecule has 0 aliphatic rings. The third kappa shape index (κ3) is 4.23. The molecule has 0 aliphatic carbocycles. The molecule has 2 N–H and O–H groups in total. The van der Waals surface area contributed by atoms with Gasteiger partial charge in [-0.3, -0.25) is 0 Å². The summed E-state index contributed by atoms with van der Waals surface area (Å²) in [6.45, 7) is 2.07. The van der Waals surface area contributed by atoms with Gasteiger partial charge in [0.1, 0.15) is 0 Å². The zero-order valence-electron chi connectivity index (χ0n) is 10.6. The maximum absolute atomic E-state index is 5.93. The van der Waals surface area contributed by atoms with Gasteiger partial charge in [-0.1, -0.05) is 48.0 Å². The van der Waals surface area contributed by atoms with Crippen LogP contribution < -0.4 is 10.6 Å². The number of thiocarbonyl (C=S) groups is 1. The molecule has 0 aromatic heterocycles. The van der Waals surface area contributed by atoms with Crippen molar-refractivity contribution < 1.29 is 0 Å². The van der Waals surface area contributed by atoms with E-state index in [1.165, 1.54) is 5.56 Å². The van der Waals surface area contributed by atoms with E-state index in [9.17, 15) is 0 Å². The summed E-state index contributed by atoms with van der Waals surface area (Å²) in [6.07, 6.45) is 0. The number of nitrogens with one attached hydrogen (secondary N) is 2. The van der Waals surface area contributed by atoms with Gasteiger partial charge in [-0.05, 0) is 42.9 Å². The van der Waals surface area contributed by atoms with E-state index in [0.717, 1.165) is 5.69 Å². The maximum atomic E-state index is 5.93. The molecule has 0 heterocycles. The molecule has 0 saturated carbocycles. The standard InChI is InChI=1S/C15H15ClN2S/c1-11(12-6-3-2-4-7-12)17-15(19)18-14-9-5-8-13(16)10-14/h2-11H,1H3,(H2,17,18,19)/t11-/m1/s1. The zero-order chi connectivity index (χ0) is 13.7. The first-order valence-corrected chi connectivity index (χ1v) is 6.82. The number of hydrogen-bond acceptors (Lipinski definition) is 1. The molecule has 2 aromatic carbocycles. The van der Waals surface area contributed by atoms with Crippen LogP contribution in [0.25, 0.3) is 0 Å². The highest BCUT2D eigenvalue weighted by molar-refractivity contribution is 7.80. The molecule has 1 atom stereocenters. The summed E-state index contributed by atoms with van der Waals surface area (Å²) in [5, 5.41) is 7.63. The lowest BCUT2D eigenvalue weighted by Crippen LogP contribution is -2.30. The van der Waals surface area contributed by atoms with Crippen molar-refractivity contribution in [2.75, 3.05) is 5.32 Å². The molecular weight excluding hydrogens is 276 g/mol. The van der Waals surface area contributed by atoms with Crippen molar-refractivity contribution in [2.24, 2.45) is 0 Å². The van der Waals surface area contributed by atoms with E-state index in [2.05, 4.69) is 29.7 Å². The molecule has 2 nitrogen and oxygen atoms in total. The van der Waals surface area contributed by atoms with Crippen LogP contribution in [0.3, 0.4) is 0 Å². The van der Waals surface area contributed by atoms with Crippen LogP contribution in [0.2, 0.25) is 5.02 Å². The fourth-order valence-electron chi connectivity index (χ4n) is 1.76. The van der Waals surface area contributed by atoms with Crippen molar-refractivity contribution in [3.8, 4) is 0 Å². The third-order valence-electron chi connectivity index (χ3n) is 2.73. The molecule has 2 aromatic rings. The lowest BCUT2D eigenvalue weighted by molar-refractivity contribution is 0.722. The van der Waals surface area contributed by atoms with Gasteiger partial charge in [0.2, 0.25) is 0 Å². The van der Waals surface area contributed by atoms with E-state index in [0.29, 0.717) is 10.1 Å². The lowest BCUT2D eigenvalue weighted by Gasteiger charge is -2.17. The van der Waals surface area contributed by atoms with Crippen LogP contribution in [0.5, 0.6) is 0 Å². The Morgan fingerprint density at radius 2 is 1.84 bits per heavy atom. The van der Waals surface area contributed by atoms with Crippen molar-refractivity contribution in [1.29, 1.82) is 0 Å². The van der Waals surface area contributed by atoms with Crippen molar-refractivity contribution in [2.45, 2.75) is 13.0 Å². The number of anilines is 1. The number of benzene rings is 2. The molecule has 0 spiro atoms. The molecule has 2 rings (SSSR count). The summed E-state index contributed by atoms with van der Waals surface area (Å²) >= 11 is 11.2. The SMILES string of the molecule is C[C@@H](NC(=S)Nc1cccc(Cl)c1)c1ccccc1. The average molecular weight is 291 g/mol. The van der Waals surface area contributed by atoms with Gasteiger partial charge in [-0.2, -0.15) is 0 Å². The highest BCUT2D eigenvalue weighted by atomic mass is 35.5. The smallest absolute Gasteiger partial charge is 0.171 e. The molecule has 0 saturated heterocycles. The van der Waals surface area contributed by atoms with Gasteiger partial charge >= 0.3 is 0 Å². The molecule has 4 heteroatoms. The second-order valence-electron chi connectivity index (χ2n) is 4.24. The van der Waals surface area contributed by atoms with Gasteiger partial charge in [0, 0.05) is 10.7 Å². The van der Waals surface area contributed by atoms with Crippen LogP contribution >= 0.6 is 23.8 Å². The summed E-state index contributed by atoms with van der Waals surface area (Å²) in [6, 6.07) is 17.8. The summed E-state index contributed by atoms with van der Waals surface area (Å²) in [5.41, 5.74) is 2.07. The summed E-state index contributed by atoms with van der Waals surface area (Å²) in [4.78, 5) is 0. The van der Waals surface area contributed by atoms with Crippen molar-refractivity contribution in [3.05, 3.63) is 65.2 Å². The Balaban J connectivity index is 1.95. The highest BCUT2D eigenvalue weighted by Crippen LogP contribution is 2.16. The van der Waals surface area contributed by atoms with Crippen LogP contribution in [0.4, 0.5) is 5.69 Å². The monoisotopic (exact) mass is 290 g/mol. The van der Waals surface area contributed by atoms with E-state index in [-0.39, 0.29) is 6.04 Å². The predicted octanol–water partition coefficient (Wildman–Crippen LogP) is 4.39. The minimum Gasteiger partial charge on any atom is -0.356 e. The Kier molecular flexibility index (Phi) is 4.77. The Labute approximate surface area is 123 Å². The van der Waals surface area contributed by atoms with E-state index in [1.807, 2.05) is 42.5 Å². The second kappa shape index (κ2) is 6.55. The average Bonchev–Trinajstić information content (AvgIpc) is 2.39. The van der Waals surface area contributed by atoms with E-state index in [4.69, 9.17) is 23.8 Å². The van der Waals surface area contributed by atoms with Gasteiger partial charge in [0.25, 0.3) is 0 Å². The molecule has 98 valence electrons. The Morgan fingerprint density at radius 1 is 1.11 bits per heavy atom. The fraction of sp³-hybridized carbons (Fsp3) is 0.133. The highest BCUT2D eigenvalue weighted by Gasteiger charge is 2.06. The molecule has 0 aliphatic heterocycles. The van der Waals surface area contributed by atoms with Crippen LogP contribution in [-0.2, 0) is 0 Å². The fourth-order valence-corrected chi connectivity index (χ4v) is 2.24. The molecule has 0 unspecified atom stereocenters. The minimum atomic E-state index is 0.153. The third-order valence-corrected chi connectivity index (χ3v) is 3.18. The lowest BCUT2D eigenvalue weighted by atomic mass is 10.1. The summed E-state index contributed by atoms with van der Waals surface area (Å²) < 4.78 is 0. The zero-order valence-corrected chi connectivity index (χ0v) is 12.1. The largest absolute Gasteiger partial charge is 0.356 e. The van der Waals surface area contributed by atoms with Gasteiger partial charge < -0.3 is 10.6 Å². The minimum absolute atomic E-state index is 0.153.